The third kappa shape index (κ3) is 3.13. The van der Waals surface area contributed by atoms with Crippen molar-refractivity contribution in [1.82, 2.24) is 14.6 Å². The molecular formula is C16H17F2N7O. The summed E-state index contributed by atoms with van der Waals surface area (Å²) in [5, 5.41) is 10.2. The third-order valence-electron chi connectivity index (χ3n) is 3.88. The minimum atomic E-state index is -2.55. The van der Waals surface area contributed by atoms with Gasteiger partial charge >= 0.3 is 0 Å². The number of ether oxygens (including phenoxy) is 1. The number of anilines is 2. The molecule has 0 radical (unpaired) electrons. The van der Waals surface area contributed by atoms with E-state index in [1.165, 1.54) is 18.5 Å². The molecule has 1 atom stereocenters. The molecule has 0 bridgehead atoms. The molecule has 2 aromatic heterocycles. The van der Waals surface area contributed by atoms with E-state index in [9.17, 15) is 8.78 Å². The number of halogens is 2. The van der Waals surface area contributed by atoms with Crippen molar-refractivity contribution in [3.05, 3.63) is 30.5 Å². The van der Waals surface area contributed by atoms with E-state index >= 15 is 0 Å². The topological polar surface area (TPSA) is 114 Å². The predicted molar refractivity (Wildman–Crippen MR) is 93.3 cm³/mol. The number of nitrogens with two attached hydrogens (primary N) is 1. The lowest BCUT2D eigenvalue weighted by Crippen LogP contribution is -2.23. The quantitative estimate of drug-likeness (QED) is 0.579. The van der Waals surface area contributed by atoms with Crippen molar-refractivity contribution in [2.45, 2.75) is 19.4 Å². The lowest BCUT2D eigenvalue weighted by atomic mass is 10.1. The number of nitrogens with one attached hydrogen (secondary N) is 2. The number of fused-ring (bicyclic) bond motifs is 1. The molecule has 136 valence electrons. The van der Waals surface area contributed by atoms with Crippen molar-refractivity contribution in [2.24, 2.45) is 5.11 Å². The first-order chi connectivity index (χ1) is 12.4. The molecule has 0 aliphatic heterocycles. The summed E-state index contributed by atoms with van der Waals surface area (Å²) in [6.45, 7) is 1.36. The van der Waals surface area contributed by atoms with E-state index < -0.39 is 12.5 Å². The van der Waals surface area contributed by atoms with E-state index in [1.54, 1.807) is 30.5 Å². The molecule has 0 saturated carbocycles. The van der Waals surface area contributed by atoms with E-state index in [-0.39, 0.29) is 11.6 Å². The number of benzene rings is 1. The first-order valence-corrected chi connectivity index (χ1v) is 7.70. The van der Waals surface area contributed by atoms with Crippen molar-refractivity contribution in [1.29, 1.82) is 5.53 Å². The van der Waals surface area contributed by atoms with Gasteiger partial charge in [-0.15, -0.1) is 5.10 Å². The normalized spacial score (nSPS) is 12.3. The van der Waals surface area contributed by atoms with E-state index in [0.717, 1.165) is 5.56 Å². The van der Waals surface area contributed by atoms with Gasteiger partial charge < -0.3 is 15.8 Å². The van der Waals surface area contributed by atoms with E-state index in [0.29, 0.717) is 22.6 Å². The number of hydrogen-bond donors (Lipinski definition) is 3. The standard InChI is InChI=1S/C16H17F2N7O/c1-8(14(17)18)21-12-7-9(3-4-11(12)23-20)10-5-6-25-13(10)15(26-2)22-16(19)24-25/h3-8,14,20-21H,1-2H3,(H2,19,24)/t8-/m0/s1. The maximum atomic E-state index is 12.9. The van der Waals surface area contributed by atoms with Gasteiger partial charge in [-0.3, -0.25) is 0 Å². The molecule has 1 aromatic carbocycles. The first kappa shape index (κ1) is 17.5. The third-order valence-corrected chi connectivity index (χ3v) is 3.88. The number of methoxy groups -OCH3 is 1. The molecule has 26 heavy (non-hydrogen) atoms. The van der Waals surface area contributed by atoms with Crippen LogP contribution >= 0.6 is 0 Å². The minimum absolute atomic E-state index is 0.0629. The minimum Gasteiger partial charge on any atom is -0.479 e. The molecule has 3 aromatic rings. The first-order valence-electron chi connectivity index (χ1n) is 7.70. The van der Waals surface area contributed by atoms with Gasteiger partial charge in [0.15, 0.2) is 0 Å². The molecule has 0 amide bonds. The van der Waals surface area contributed by atoms with E-state index in [2.05, 4.69) is 20.5 Å². The molecule has 2 heterocycles. The van der Waals surface area contributed by atoms with Crippen LogP contribution < -0.4 is 15.8 Å². The molecule has 8 nitrogen and oxygen atoms in total. The van der Waals surface area contributed by atoms with Crippen molar-refractivity contribution in [2.75, 3.05) is 18.2 Å². The van der Waals surface area contributed by atoms with Crippen LogP contribution in [0.15, 0.2) is 35.6 Å². The van der Waals surface area contributed by atoms with Crippen LogP contribution in [0, 0.1) is 5.53 Å². The molecule has 0 saturated heterocycles. The average Bonchev–Trinajstić information content (AvgIpc) is 3.04. The largest absolute Gasteiger partial charge is 0.479 e. The van der Waals surface area contributed by atoms with Crippen molar-refractivity contribution in [3.63, 3.8) is 0 Å². The highest BCUT2D eigenvalue weighted by Crippen LogP contribution is 2.36. The number of aromatic nitrogens is 3. The molecular weight excluding hydrogens is 344 g/mol. The number of nitrogens with zero attached hydrogens (tertiary/aromatic N) is 4. The summed E-state index contributed by atoms with van der Waals surface area (Å²) in [6.07, 6.45) is -0.855. The molecule has 0 spiro atoms. The van der Waals surface area contributed by atoms with Crippen LogP contribution in [0.1, 0.15) is 6.92 Å². The zero-order valence-electron chi connectivity index (χ0n) is 14.1. The van der Waals surface area contributed by atoms with Crippen LogP contribution in [0.25, 0.3) is 16.6 Å². The Hall–Kier alpha value is -3.30. The van der Waals surface area contributed by atoms with Gasteiger partial charge in [-0.05, 0) is 30.7 Å². The molecule has 0 fully saturated rings. The molecule has 0 unspecified atom stereocenters. The Morgan fingerprint density at radius 3 is 2.77 bits per heavy atom. The highest BCUT2D eigenvalue weighted by molar-refractivity contribution is 5.87. The van der Waals surface area contributed by atoms with Crippen molar-refractivity contribution in [3.8, 4) is 17.0 Å². The summed E-state index contributed by atoms with van der Waals surface area (Å²) in [6, 6.07) is 5.67. The SMILES string of the molecule is COc1nc(N)nn2ccc(-c3ccc(N=N)c(N[C@@H](C)C(F)F)c3)c12. The Kier molecular flexibility index (Phi) is 4.65. The smallest absolute Gasteiger partial charge is 0.258 e. The summed E-state index contributed by atoms with van der Waals surface area (Å²) in [4.78, 5) is 4.07. The van der Waals surface area contributed by atoms with Gasteiger partial charge in [0.1, 0.15) is 11.2 Å². The summed E-state index contributed by atoms with van der Waals surface area (Å²) in [7, 11) is 1.47. The molecule has 4 N–H and O–H groups in total. The number of alkyl halides is 2. The van der Waals surface area contributed by atoms with E-state index in [1.807, 2.05) is 0 Å². The monoisotopic (exact) mass is 361 g/mol. The van der Waals surface area contributed by atoms with Crippen LogP contribution in [-0.2, 0) is 0 Å². The Morgan fingerprint density at radius 1 is 1.35 bits per heavy atom. The van der Waals surface area contributed by atoms with E-state index in [4.69, 9.17) is 16.0 Å². The van der Waals surface area contributed by atoms with Gasteiger partial charge in [-0.1, -0.05) is 6.07 Å². The summed E-state index contributed by atoms with van der Waals surface area (Å²) < 4.78 is 32.6. The Bertz CT molecular complexity index is 957. The summed E-state index contributed by atoms with van der Waals surface area (Å²) in [5.41, 5.74) is 15.5. The van der Waals surface area contributed by atoms with Crippen LogP contribution in [-0.4, -0.2) is 34.2 Å². The van der Waals surface area contributed by atoms with Gasteiger partial charge in [0.2, 0.25) is 11.8 Å². The second kappa shape index (κ2) is 6.90. The average molecular weight is 361 g/mol. The fourth-order valence-corrected chi connectivity index (χ4v) is 2.61. The molecule has 3 rings (SSSR count). The van der Waals surface area contributed by atoms with Crippen LogP contribution in [0.5, 0.6) is 5.88 Å². The summed E-state index contributed by atoms with van der Waals surface area (Å²) in [5.74, 6) is 0.357. The van der Waals surface area contributed by atoms with Gasteiger partial charge in [-0.25, -0.2) is 18.8 Å². The fraction of sp³-hybridized carbons (Fsp3) is 0.250. The van der Waals surface area contributed by atoms with Crippen LogP contribution in [0.3, 0.4) is 0 Å². The van der Waals surface area contributed by atoms with Gasteiger partial charge in [0.25, 0.3) is 6.43 Å². The number of hydrogen-bond acceptors (Lipinski definition) is 7. The van der Waals surface area contributed by atoms with Gasteiger partial charge in [-0.2, -0.15) is 10.1 Å². The number of rotatable bonds is 6. The van der Waals surface area contributed by atoms with Gasteiger partial charge in [0.05, 0.1) is 18.8 Å². The van der Waals surface area contributed by atoms with Crippen LogP contribution in [0.2, 0.25) is 0 Å². The highest BCUT2D eigenvalue weighted by Gasteiger charge is 2.18. The Balaban J connectivity index is 2.13. The Labute approximate surface area is 147 Å². The maximum absolute atomic E-state index is 12.9. The molecule has 10 heteroatoms. The highest BCUT2D eigenvalue weighted by atomic mass is 19.3. The lowest BCUT2D eigenvalue weighted by molar-refractivity contribution is 0.131. The van der Waals surface area contributed by atoms with Crippen molar-refractivity contribution < 1.29 is 13.5 Å². The maximum Gasteiger partial charge on any atom is 0.258 e. The lowest BCUT2D eigenvalue weighted by Gasteiger charge is -2.16. The van der Waals surface area contributed by atoms with Crippen molar-refractivity contribution >= 4 is 22.8 Å². The number of nitrogen functional groups attached to an aromatic ring is 1. The second-order valence-corrected chi connectivity index (χ2v) is 5.61. The van der Waals surface area contributed by atoms with Crippen LogP contribution in [0.4, 0.5) is 26.1 Å². The molecule has 0 aliphatic carbocycles. The zero-order chi connectivity index (χ0) is 18.8. The predicted octanol–water partition coefficient (Wildman–Crippen LogP) is 3.72. The summed E-state index contributed by atoms with van der Waals surface area (Å²) >= 11 is 0. The van der Waals surface area contributed by atoms with Gasteiger partial charge in [0, 0.05) is 11.8 Å². The Morgan fingerprint density at radius 2 is 2.12 bits per heavy atom. The fourth-order valence-electron chi connectivity index (χ4n) is 2.61. The molecule has 0 aliphatic rings. The second-order valence-electron chi connectivity index (χ2n) is 5.61. The zero-order valence-corrected chi connectivity index (χ0v) is 14.1.